The van der Waals surface area contributed by atoms with E-state index in [4.69, 9.17) is 4.74 Å². The summed E-state index contributed by atoms with van der Waals surface area (Å²) in [5, 5.41) is 13.2. The number of morpholine rings is 1. The number of hydrogen-bond donors (Lipinski definition) is 2. The van der Waals surface area contributed by atoms with Gasteiger partial charge < -0.3 is 25.0 Å². The molecule has 31 heavy (non-hydrogen) atoms. The number of carbonyl (C=O) groups is 2. The molecule has 0 radical (unpaired) electrons. The lowest BCUT2D eigenvalue weighted by molar-refractivity contribution is -0.116. The number of anilines is 2. The van der Waals surface area contributed by atoms with Crippen LogP contribution in [-0.2, 0) is 22.4 Å². The average molecular weight is 424 g/mol. The molecule has 1 aliphatic heterocycles. The van der Waals surface area contributed by atoms with Crippen LogP contribution in [0, 0.1) is 0 Å². The summed E-state index contributed by atoms with van der Waals surface area (Å²) in [5.41, 5.74) is 4.26. The molecule has 2 N–H and O–H groups in total. The molecule has 1 heterocycles. The minimum Gasteiger partial charge on any atom is -0.507 e. The van der Waals surface area contributed by atoms with Gasteiger partial charge in [0.05, 0.1) is 25.3 Å². The molecule has 1 saturated heterocycles. The second-order valence-corrected chi connectivity index (χ2v) is 8.20. The number of nitrogens with zero attached hydrogens (tertiary/aromatic N) is 2. The number of likely N-dealkylation sites (N-methyl/N-ethyl adjacent to an activating group) is 1. The maximum atomic E-state index is 12.8. The van der Waals surface area contributed by atoms with E-state index in [9.17, 15) is 14.7 Å². The Labute approximate surface area is 182 Å². The van der Waals surface area contributed by atoms with Gasteiger partial charge in [0.2, 0.25) is 5.91 Å². The zero-order valence-electron chi connectivity index (χ0n) is 17.9. The predicted molar refractivity (Wildman–Crippen MR) is 120 cm³/mol. The number of benzene rings is 2. The number of ether oxygens (including phenoxy) is 1. The van der Waals surface area contributed by atoms with Gasteiger partial charge in [-0.2, -0.15) is 0 Å². The van der Waals surface area contributed by atoms with Crippen molar-refractivity contribution in [2.24, 2.45) is 0 Å². The van der Waals surface area contributed by atoms with E-state index < -0.39 is 0 Å². The van der Waals surface area contributed by atoms with Gasteiger partial charge in [0.25, 0.3) is 5.91 Å². The predicted octanol–water partition coefficient (Wildman–Crippen LogP) is 2.82. The van der Waals surface area contributed by atoms with E-state index in [1.54, 1.807) is 19.2 Å². The highest BCUT2D eigenvalue weighted by molar-refractivity contribution is 6.01. The van der Waals surface area contributed by atoms with Crippen molar-refractivity contribution in [3.63, 3.8) is 0 Å². The minimum absolute atomic E-state index is 0.0170. The van der Waals surface area contributed by atoms with E-state index in [2.05, 4.69) is 10.2 Å². The molecule has 7 nitrogen and oxygen atoms in total. The van der Waals surface area contributed by atoms with Crippen LogP contribution in [0.3, 0.4) is 0 Å². The molecule has 0 saturated carbocycles. The van der Waals surface area contributed by atoms with Gasteiger partial charge in [0.1, 0.15) is 5.75 Å². The van der Waals surface area contributed by atoms with Crippen molar-refractivity contribution in [2.45, 2.75) is 25.7 Å². The highest BCUT2D eigenvalue weighted by Crippen LogP contribution is 2.29. The van der Waals surface area contributed by atoms with E-state index in [0.29, 0.717) is 5.69 Å². The molecule has 2 amide bonds. The normalized spacial score (nSPS) is 15.8. The zero-order valence-corrected chi connectivity index (χ0v) is 17.9. The number of phenols is 1. The first-order valence-corrected chi connectivity index (χ1v) is 10.8. The molecule has 1 aliphatic carbocycles. The molecule has 0 atom stereocenters. The summed E-state index contributed by atoms with van der Waals surface area (Å²) >= 11 is 0. The average Bonchev–Trinajstić information content (AvgIpc) is 2.79. The van der Waals surface area contributed by atoms with Crippen molar-refractivity contribution < 1.29 is 19.4 Å². The molecular weight excluding hydrogens is 394 g/mol. The van der Waals surface area contributed by atoms with Crippen LogP contribution >= 0.6 is 0 Å². The number of rotatable bonds is 5. The Morgan fingerprint density at radius 3 is 2.39 bits per heavy atom. The number of nitrogens with one attached hydrogen (secondary N) is 1. The number of fused-ring (bicyclic) bond motifs is 1. The third kappa shape index (κ3) is 4.99. The van der Waals surface area contributed by atoms with Crippen LogP contribution in [-0.4, -0.2) is 61.7 Å². The van der Waals surface area contributed by atoms with Crippen molar-refractivity contribution in [2.75, 3.05) is 50.1 Å². The molecule has 0 spiro atoms. The Kier molecular flexibility index (Phi) is 6.42. The smallest absolute Gasteiger partial charge is 0.257 e. The van der Waals surface area contributed by atoms with Crippen LogP contribution in [0.5, 0.6) is 5.75 Å². The highest BCUT2D eigenvalue weighted by atomic mass is 16.5. The number of amides is 2. The molecule has 1 fully saturated rings. The molecule has 2 aromatic carbocycles. The van der Waals surface area contributed by atoms with Crippen molar-refractivity contribution in [1.82, 2.24) is 4.90 Å². The Balaban J connectivity index is 1.35. The van der Waals surface area contributed by atoms with Gasteiger partial charge in [-0.1, -0.05) is 0 Å². The number of hydrogen-bond acceptors (Lipinski definition) is 5. The second-order valence-electron chi connectivity index (χ2n) is 8.20. The summed E-state index contributed by atoms with van der Waals surface area (Å²) in [6, 6.07) is 11.2. The number of aromatic hydroxyl groups is 1. The maximum Gasteiger partial charge on any atom is 0.257 e. The number of carbonyl (C=O) groups excluding carboxylic acids is 2. The SMILES string of the molecule is CN(CC(=O)Nc1ccc(N2CCOCC2)cc1)C(=O)c1cc2c(cc1O)CCCC2. The zero-order chi connectivity index (χ0) is 21.8. The Hall–Kier alpha value is -3.06. The minimum atomic E-state index is -0.358. The van der Waals surface area contributed by atoms with Crippen LogP contribution in [0.2, 0.25) is 0 Å². The molecule has 164 valence electrons. The lowest BCUT2D eigenvalue weighted by atomic mass is 9.89. The fraction of sp³-hybridized carbons (Fsp3) is 0.417. The maximum absolute atomic E-state index is 12.8. The molecule has 4 rings (SSSR count). The van der Waals surface area contributed by atoms with Gasteiger partial charge in [-0.05, 0) is 73.2 Å². The van der Waals surface area contributed by atoms with Crippen LogP contribution in [0.15, 0.2) is 36.4 Å². The molecule has 7 heteroatoms. The van der Waals surface area contributed by atoms with Crippen LogP contribution in [0.25, 0.3) is 0 Å². The van der Waals surface area contributed by atoms with Gasteiger partial charge >= 0.3 is 0 Å². The lowest BCUT2D eigenvalue weighted by Gasteiger charge is -2.28. The largest absolute Gasteiger partial charge is 0.507 e. The molecule has 0 aromatic heterocycles. The number of phenolic OH excluding ortho intramolecular Hbond substituents is 1. The fourth-order valence-corrected chi connectivity index (χ4v) is 4.21. The van der Waals surface area contributed by atoms with E-state index in [1.165, 1.54) is 4.90 Å². The third-order valence-electron chi connectivity index (χ3n) is 5.95. The third-order valence-corrected chi connectivity index (χ3v) is 5.95. The van der Waals surface area contributed by atoms with Gasteiger partial charge in [0.15, 0.2) is 0 Å². The van der Waals surface area contributed by atoms with Crippen LogP contribution in [0.1, 0.15) is 34.3 Å². The standard InChI is InChI=1S/C24H29N3O4/c1-26(24(30)21-14-17-4-2-3-5-18(17)15-22(21)28)16-23(29)25-19-6-8-20(9-7-19)27-10-12-31-13-11-27/h6-9,14-15,28H,2-5,10-13,16H2,1H3,(H,25,29). The van der Waals surface area contributed by atoms with Gasteiger partial charge in [-0.15, -0.1) is 0 Å². The number of aryl methyl sites for hydroxylation is 2. The molecule has 0 bridgehead atoms. The van der Waals surface area contributed by atoms with E-state index in [-0.39, 0.29) is 29.7 Å². The molecule has 2 aliphatic rings. The molecule has 2 aromatic rings. The molecule has 0 unspecified atom stereocenters. The molecular formula is C24H29N3O4. The highest BCUT2D eigenvalue weighted by Gasteiger charge is 2.21. The monoisotopic (exact) mass is 423 g/mol. The first-order chi connectivity index (χ1) is 15.0. The Morgan fingerprint density at radius 1 is 1.06 bits per heavy atom. The summed E-state index contributed by atoms with van der Waals surface area (Å²) < 4.78 is 5.37. The van der Waals surface area contributed by atoms with Crippen molar-refractivity contribution >= 4 is 23.2 Å². The van der Waals surface area contributed by atoms with E-state index in [1.807, 2.05) is 24.3 Å². The van der Waals surface area contributed by atoms with E-state index >= 15 is 0 Å². The first-order valence-electron chi connectivity index (χ1n) is 10.8. The summed E-state index contributed by atoms with van der Waals surface area (Å²) in [5.74, 6) is -0.660. The quantitative estimate of drug-likeness (QED) is 0.773. The van der Waals surface area contributed by atoms with E-state index in [0.717, 1.165) is 68.8 Å². The Morgan fingerprint density at radius 2 is 1.71 bits per heavy atom. The fourth-order valence-electron chi connectivity index (χ4n) is 4.21. The van der Waals surface area contributed by atoms with Crippen molar-refractivity contribution in [1.29, 1.82) is 0 Å². The van der Waals surface area contributed by atoms with Gasteiger partial charge in [-0.25, -0.2) is 0 Å². The van der Waals surface area contributed by atoms with Crippen LogP contribution in [0.4, 0.5) is 11.4 Å². The topological polar surface area (TPSA) is 82.1 Å². The first kappa shape index (κ1) is 21.2. The van der Waals surface area contributed by atoms with Gasteiger partial charge in [0, 0.05) is 31.5 Å². The van der Waals surface area contributed by atoms with Crippen molar-refractivity contribution in [3.8, 4) is 5.75 Å². The summed E-state index contributed by atoms with van der Waals surface area (Å²) in [6.45, 7) is 3.06. The lowest BCUT2D eigenvalue weighted by Crippen LogP contribution is -2.36. The summed E-state index contributed by atoms with van der Waals surface area (Å²) in [4.78, 5) is 28.9. The van der Waals surface area contributed by atoms with Gasteiger partial charge in [-0.3, -0.25) is 9.59 Å². The van der Waals surface area contributed by atoms with Crippen LogP contribution < -0.4 is 10.2 Å². The summed E-state index contributed by atoms with van der Waals surface area (Å²) in [7, 11) is 1.57. The summed E-state index contributed by atoms with van der Waals surface area (Å²) in [6.07, 6.45) is 4.04. The second kappa shape index (κ2) is 9.39. The van der Waals surface area contributed by atoms with Crippen molar-refractivity contribution in [3.05, 3.63) is 53.1 Å². The Bertz CT molecular complexity index is 952.